The Morgan fingerprint density at radius 2 is 2.08 bits per heavy atom. The first kappa shape index (κ1) is 9.95. The SMILES string of the molecule is C=C(C#N)CC(C#N)/C=C/C#N. The number of nitrogens with zero attached hydrogens (tertiary/aromatic N) is 3. The molecule has 0 radical (unpaired) electrons. The van der Waals surface area contributed by atoms with Gasteiger partial charge in [-0.25, -0.2) is 0 Å². The zero-order valence-electron chi connectivity index (χ0n) is 6.49. The maximum atomic E-state index is 8.54. The quantitative estimate of drug-likeness (QED) is 0.585. The third-order valence-corrected chi connectivity index (χ3v) is 1.19. The Kier molecular flexibility index (Phi) is 4.74. The van der Waals surface area contributed by atoms with Crippen molar-refractivity contribution >= 4 is 0 Å². The monoisotopic (exact) mass is 157 g/mol. The van der Waals surface area contributed by atoms with E-state index < -0.39 is 5.92 Å². The molecule has 0 saturated carbocycles. The Bertz CT molecular complexity index is 306. The summed E-state index contributed by atoms with van der Waals surface area (Å²) in [6.07, 6.45) is 2.99. The molecular formula is C9H7N3. The molecule has 0 fully saturated rings. The van der Waals surface area contributed by atoms with E-state index in [1.54, 1.807) is 6.07 Å². The minimum Gasteiger partial charge on any atom is -0.198 e. The van der Waals surface area contributed by atoms with Crippen LogP contribution in [0.1, 0.15) is 6.42 Å². The zero-order valence-corrected chi connectivity index (χ0v) is 6.49. The summed E-state index contributed by atoms with van der Waals surface area (Å²) < 4.78 is 0. The molecule has 0 spiro atoms. The van der Waals surface area contributed by atoms with Gasteiger partial charge >= 0.3 is 0 Å². The highest BCUT2D eigenvalue weighted by Crippen LogP contribution is 2.09. The molecule has 0 aliphatic heterocycles. The van der Waals surface area contributed by atoms with Gasteiger partial charge in [0.2, 0.25) is 0 Å². The summed E-state index contributed by atoms with van der Waals surface area (Å²) in [5.74, 6) is -0.420. The molecule has 58 valence electrons. The lowest BCUT2D eigenvalue weighted by Crippen LogP contribution is -1.92. The molecule has 0 aliphatic rings. The van der Waals surface area contributed by atoms with Crippen molar-refractivity contribution in [3.05, 3.63) is 24.3 Å². The first-order chi connectivity index (χ1) is 5.74. The van der Waals surface area contributed by atoms with Crippen LogP contribution in [0.5, 0.6) is 0 Å². The number of hydrogen-bond donors (Lipinski definition) is 0. The lowest BCUT2D eigenvalue weighted by atomic mass is 10.0. The molecule has 0 amide bonds. The Balaban J connectivity index is 4.16. The van der Waals surface area contributed by atoms with Crippen LogP contribution >= 0.6 is 0 Å². The molecule has 3 nitrogen and oxygen atoms in total. The second-order valence-electron chi connectivity index (χ2n) is 2.14. The largest absolute Gasteiger partial charge is 0.198 e. The van der Waals surface area contributed by atoms with Crippen LogP contribution in [0.2, 0.25) is 0 Å². The Morgan fingerprint density at radius 1 is 1.42 bits per heavy atom. The summed E-state index contributed by atoms with van der Waals surface area (Å²) in [6.45, 7) is 3.44. The summed E-state index contributed by atoms with van der Waals surface area (Å²) in [6, 6.07) is 5.58. The van der Waals surface area contributed by atoms with E-state index in [1.165, 1.54) is 12.2 Å². The molecule has 0 aromatic carbocycles. The van der Waals surface area contributed by atoms with Gasteiger partial charge in [-0.1, -0.05) is 12.7 Å². The smallest absolute Gasteiger partial charge is 0.0941 e. The van der Waals surface area contributed by atoms with Crippen molar-refractivity contribution in [3.8, 4) is 18.2 Å². The van der Waals surface area contributed by atoms with Crippen LogP contribution in [0.25, 0.3) is 0 Å². The fourth-order valence-corrected chi connectivity index (χ4v) is 0.627. The summed E-state index contributed by atoms with van der Waals surface area (Å²) in [4.78, 5) is 0. The molecule has 0 heterocycles. The molecule has 0 aromatic heterocycles. The van der Waals surface area contributed by atoms with E-state index in [-0.39, 0.29) is 0 Å². The second-order valence-corrected chi connectivity index (χ2v) is 2.14. The van der Waals surface area contributed by atoms with Crippen LogP contribution in [-0.4, -0.2) is 0 Å². The van der Waals surface area contributed by atoms with Crippen LogP contribution in [0.3, 0.4) is 0 Å². The molecule has 0 bridgehead atoms. The van der Waals surface area contributed by atoms with E-state index in [2.05, 4.69) is 6.58 Å². The van der Waals surface area contributed by atoms with Gasteiger partial charge in [0, 0.05) is 18.1 Å². The molecule has 1 atom stereocenters. The first-order valence-corrected chi connectivity index (χ1v) is 3.28. The number of hydrogen-bond acceptors (Lipinski definition) is 3. The predicted molar refractivity (Wildman–Crippen MR) is 43.2 cm³/mol. The molecule has 0 saturated heterocycles. The normalized spacial score (nSPS) is 11.1. The van der Waals surface area contributed by atoms with E-state index in [0.29, 0.717) is 12.0 Å². The highest BCUT2D eigenvalue weighted by atomic mass is 14.3. The van der Waals surface area contributed by atoms with Gasteiger partial charge in [0.05, 0.1) is 24.1 Å². The summed E-state index contributed by atoms with van der Waals surface area (Å²) in [5, 5.41) is 25.1. The Morgan fingerprint density at radius 3 is 2.50 bits per heavy atom. The van der Waals surface area contributed by atoms with Crippen molar-refractivity contribution < 1.29 is 0 Å². The van der Waals surface area contributed by atoms with Gasteiger partial charge in [0.1, 0.15) is 0 Å². The molecule has 0 N–H and O–H groups in total. The van der Waals surface area contributed by atoms with Crippen molar-refractivity contribution in [1.29, 1.82) is 15.8 Å². The molecule has 1 unspecified atom stereocenters. The van der Waals surface area contributed by atoms with Crippen LogP contribution in [-0.2, 0) is 0 Å². The fraction of sp³-hybridized carbons (Fsp3) is 0.222. The zero-order chi connectivity index (χ0) is 9.40. The first-order valence-electron chi connectivity index (χ1n) is 3.28. The number of nitriles is 3. The van der Waals surface area contributed by atoms with Crippen molar-refractivity contribution in [1.82, 2.24) is 0 Å². The highest BCUT2D eigenvalue weighted by molar-refractivity contribution is 5.21. The minimum absolute atomic E-state index is 0.297. The third kappa shape index (κ3) is 3.88. The summed E-state index contributed by atoms with van der Waals surface area (Å²) in [7, 11) is 0. The Hall–Kier alpha value is -2.05. The molecular weight excluding hydrogens is 150 g/mol. The van der Waals surface area contributed by atoms with Crippen molar-refractivity contribution in [2.45, 2.75) is 6.42 Å². The van der Waals surface area contributed by atoms with Gasteiger partial charge in [-0.05, 0) is 0 Å². The highest BCUT2D eigenvalue weighted by Gasteiger charge is 2.03. The standard InChI is InChI=1S/C9H7N3/c1-8(6-11)5-9(7-12)3-2-4-10/h2-3,9H,1,5H2/b3-2+. The third-order valence-electron chi connectivity index (χ3n) is 1.19. The number of rotatable bonds is 3. The topological polar surface area (TPSA) is 71.4 Å². The average molecular weight is 157 g/mol. The Labute approximate surface area is 71.5 Å². The van der Waals surface area contributed by atoms with Gasteiger partial charge in [0.15, 0.2) is 0 Å². The van der Waals surface area contributed by atoms with E-state index in [4.69, 9.17) is 15.8 Å². The van der Waals surface area contributed by atoms with Gasteiger partial charge in [-0.3, -0.25) is 0 Å². The fourth-order valence-electron chi connectivity index (χ4n) is 0.627. The predicted octanol–water partition coefficient (Wildman–Crippen LogP) is 1.68. The van der Waals surface area contributed by atoms with Crippen LogP contribution < -0.4 is 0 Å². The minimum atomic E-state index is -0.420. The van der Waals surface area contributed by atoms with E-state index >= 15 is 0 Å². The van der Waals surface area contributed by atoms with Crippen LogP contribution in [0, 0.1) is 39.9 Å². The molecule has 3 heteroatoms. The molecule has 0 rings (SSSR count). The lowest BCUT2D eigenvalue weighted by molar-refractivity contribution is 0.828. The van der Waals surface area contributed by atoms with Gasteiger partial charge in [-0.2, -0.15) is 15.8 Å². The maximum absolute atomic E-state index is 8.54. The van der Waals surface area contributed by atoms with E-state index in [1.807, 2.05) is 12.1 Å². The average Bonchev–Trinajstić information content (AvgIpc) is 2.11. The molecule has 0 aliphatic carbocycles. The van der Waals surface area contributed by atoms with Crippen molar-refractivity contribution in [2.24, 2.45) is 5.92 Å². The van der Waals surface area contributed by atoms with E-state index in [0.717, 1.165) is 0 Å². The van der Waals surface area contributed by atoms with Crippen molar-refractivity contribution in [2.75, 3.05) is 0 Å². The van der Waals surface area contributed by atoms with Crippen LogP contribution in [0.4, 0.5) is 0 Å². The lowest BCUT2D eigenvalue weighted by Gasteiger charge is -1.97. The van der Waals surface area contributed by atoms with Crippen LogP contribution in [0.15, 0.2) is 24.3 Å². The second kappa shape index (κ2) is 5.71. The van der Waals surface area contributed by atoms with Gasteiger partial charge in [-0.15, -0.1) is 0 Å². The van der Waals surface area contributed by atoms with Crippen molar-refractivity contribution in [3.63, 3.8) is 0 Å². The maximum Gasteiger partial charge on any atom is 0.0941 e. The molecule has 12 heavy (non-hydrogen) atoms. The summed E-state index contributed by atoms with van der Waals surface area (Å²) >= 11 is 0. The molecule has 0 aromatic rings. The van der Waals surface area contributed by atoms with Gasteiger partial charge < -0.3 is 0 Å². The summed E-state index contributed by atoms with van der Waals surface area (Å²) in [5.41, 5.74) is 0.351. The number of allylic oxidation sites excluding steroid dienone is 3. The van der Waals surface area contributed by atoms with E-state index in [9.17, 15) is 0 Å². The van der Waals surface area contributed by atoms with Gasteiger partial charge in [0.25, 0.3) is 0 Å².